The van der Waals surface area contributed by atoms with E-state index in [2.05, 4.69) is 26.6 Å². The fourth-order valence-electron chi connectivity index (χ4n) is 3.47. The number of carbonyl (C=O) groups is 1. The number of carbonyl (C=O) groups excluding carboxylic acids is 1. The molecule has 5 heteroatoms. The number of aromatic nitrogens is 1. The molecule has 3 atom stereocenters. The van der Waals surface area contributed by atoms with E-state index in [0.29, 0.717) is 6.04 Å². The minimum absolute atomic E-state index is 0.0277. The highest BCUT2D eigenvalue weighted by atomic mass is 79.9. The summed E-state index contributed by atoms with van der Waals surface area (Å²) < 4.78 is 3.01. The smallest absolute Gasteiger partial charge is 0.251 e. The third-order valence-electron chi connectivity index (χ3n) is 4.52. The van der Waals surface area contributed by atoms with Crippen LogP contribution in [0.1, 0.15) is 23.2 Å². The second-order valence-electron chi connectivity index (χ2n) is 5.80. The number of fused-ring (bicyclic) bond motifs is 3. The van der Waals surface area contributed by atoms with Crippen molar-refractivity contribution in [3.05, 3.63) is 40.6 Å². The molecule has 1 saturated heterocycles. The highest BCUT2D eigenvalue weighted by Crippen LogP contribution is 2.31. The lowest BCUT2D eigenvalue weighted by Crippen LogP contribution is -2.47. The summed E-state index contributed by atoms with van der Waals surface area (Å²) in [6.07, 6.45) is 6.21. The van der Waals surface area contributed by atoms with Crippen molar-refractivity contribution in [1.29, 1.82) is 0 Å². The number of rotatable bonds is 2. The lowest BCUT2D eigenvalue weighted by atomic mass is 10.1. The van der Waals surface area contributed by atoms with Crippen LogP contribution in [0.2, 0.25) is 0 Å². The van der Waals surface area contributed by atoms with Crippen molar-refractivity contribution in [2.24, 2.45) is 5.92 Å². The number of halogens is 1. The Morgan fingerprint density at radius 2 is 2.20 bits per heavy atom. The van der Waals surface area contributed by atoms with Gasteiger partial charge in [0.2, 0.25) is 0 Å². The van der Waals surface area contributed by atoms with Gasteiger partial charge in [-0.25, -0.2) is 0 Å². The summed E-state index contributed by atoms with van der Waals surface area (Å²) in [6.45, 7) is 1.11. The zero-order chi connectivity index (χ0) is 13.7. The summed E-state index contributed by atoms with van der Waals surface area (Å²) in [4.78, 5) is 12.4. The number of piperidine rings is 1. The van der Waals surface area contributed by atoms with Gasteiger partial charge in [-0.1, -0.05) is 0 Å². The quantitative estimate of drug-likeness (QED) is 0.884. The standard InChI is InChI=1S/C15H16BrN3O/c16-11-2-4-19-3-1-10(7-14(11)19)15(20)18-13-6-9-5-12(13)17-8-9/h1-4,7,9,12-13,17H,5-6,8H2,(H,18,20). The number of hydrogen-bond acceptors (Lipinski definition) is 2. The summed E-state index contributed by atoms with van der Waals surface area (Å²) in [6, 6.07) is 6.53. The van der Waals surface area contributed by atoms with E-state index < -0.39 is 0 Å². The van der Waals surface area contributed by atoms with Gasteiger partial charge in [-0.2, -0.15) is 0 Å². The highest BCUT2D eigenvalue weighted by molar-refractivity contribution is 9.10. The molecule has 1 aliphatic carbocycles. The Balaban J connectivity index is 1.56. The maximum Gasteiger partial charge on any atom is 0.251 e. The average Bonchev–Trinajstić information content (AvgIpc) is 3.15. The van der Waals surface area contributed by atoms with Crippen molar-refractivity contribution in [2.45, 2.75) is 24.9 Å². The Labute approximate surface area is 125 Å². The maximum atomic E-state index is 12.4. The van der Waals surface area contributed by atoms with Gasteiger partial charge >= 0.3 is 0 Å². The summed E-state index contributed by atoms with van der Waals surface area (Å²) in [5.41, 5.74) is 1.74. The van der Waals surface area contributed by atoms with Gasteiger partial charge in [0.05, 0.1) is 5.52 Å². The molecule has 2 N–H and O–H groups in total. The number of nitrogens with one attached hydrogen (secondary N) is 2. The highest BCUT2D eigenvalue weighted by Gasteiger charge is 2.40. The summed E-state index contributed by atoms with van der Waals surface area (Å²) in [7, 11) is 0. The minimum Gasteiger partial charge on any atom is -0.348 e. The first-order valence-corrected chi connectivity index (χ1v) is 7.80. The third kappa shape index (κ3) is 1.96. The molecule has 1 amide bonds. The van der Waals surface area contributed by atoms with Crippen LogP contribution in [0.25, 0.3) is 5.52 Å². The zero-order valence-electron chi connectivity index (χ0n) is 11.0. The normalized spacial score (nSPS) is 28.1. The number of hydrogen-bond donors (Lipinski definition) is 2. The lowest BCUT2D eigenvalue weighted by molar-refractivity contribution is 0.0928. The molecule has 2 aliphatic rings. The van der Waals surface area contributed by atoms with Crippen LogP contribution in [0.15, 0.2) is 35.1 Å². The molecule has 104 valence electrons. The van der Waals surface area contributed by atoms with E-state index in [0.717, 1.165) is 34.4 Å². The molecule has 3 unspecified atom stereocenters. The van der Waals surface area contributed by atoms with Crippen LogP contribution in [0.3, 0.4) is 0 Å². The van der Waals surface area contributed by atoms with Gasteiger partial charge in [0.25, 0.3) is 5.91 Å². The Kier molecular flexibility index (Phi) is 2.86. The monoisotopic (exact) mass is 333 g/mol. The van der Waals surface area contributed by atoms with Gasteiger partial charge in [-0.3, -0.25) is 4.79 Å². The number of amides is 1. The predicted molar refractivity (Wildman–Crippen MR) is 80.9 cm³/mol. The average molecular weight is 334 g/mol. The molecular weight excluding hydrogens is 318 g/mol. The Morgan fingerprint density at radius 1 is 1.35 bits per heavy atom. The van der Waals surface area contributed by atoms with E-state index in [1.54, 1.807) is 0 Å². The van der Waals surface area contributed by atoms with Gasteiger partial charge in [-0.15, -0.1) is 0 Å². The van der Waals surface area contributed by atoms with Crippen LogP contribution in [-0.2, 0) is 0 Å². The van der Waals surface area contributed by atoms with Crippen molar-refractivity contribution in [3.8, 4) is 0 Å². The molecule has 2 aromatic rings. The van der Waals surface area contributed by atoms with Crippen LogP contribution in [0.4, 0.5) is 0 Å². The lowest BCUT2D eigenvalue weighted by Gasteiger charge is -2.24. The van der Waals surface area contributed by atoms with Gasteiger partial charge in [-0.05, 0) is 59.4 Å². The van der Waals surface area contributed by atoms with Gasteiger partial charge in [0.15, 0.2) is 0 Å². The molecule has 3 heterocycles. The Hall–Kier alpha value is -1.33. The fourth-order valence-corrected chi connectivity index (χ4v) is 3.91. The van der Waals surface area contributed by atoms with E-state index in [1.807, 2.05) is 35.0 Å². The van der Waals surface area contributed by atoms with Crippen molar-refractivity contribution in [3.63, 3.8) is 0 Å². The number of pyridine rings is 1. The maximum absolute atomic E-state index is 12.4. The second kappa shape index (κ2) is 4.60. The Morgan fingerprint density at radius 3 is 2.95 bits per heavy atom. The first-order valence-electron chi connectivity index (χ1n) is 7.01. The van der Waals surface area contributed by atoms with E-state index in [4.69, 9.17) is 0 Å². The van der Waals surface area contributed by atoms with Crippen LogP contribution >= 0.6 is 15.9 Å². The van der Waals surface area contributed by atoms with E-state index >= 15 is 0 Å². The molecule has 1 saturated carbocycles. The van der Waals surface area contributed by atoms with E-state index in [9.17, 15) is 4.79 Å². The minimum atomic E-state index is 0.0277. The van der Waals surface area contributed by atoms with E-state index in [1.165, 1.54) is 6.42 Å². The third-order valence-corrected chi connectivity index (χ3v) is 5.19. The van der Waals surface area contributed by atoms with Gasteiger partial charge < -0.3 is 15.0 Å². The molecular formula is C15H16BrN3O. The molecule has 0 radical (unpaired) electrons. The molecule has 4 nitrogen and oxygen atoms in total. The molecule has 1 aliphatic heterocycles. The predicted octanol–water partition coefficient (Wildman–Crippen LogP) is 2.18. The summed E-state index contributed by atoms with van der Waals surface area (Å²) in [5, 5.41) is 6.65. The van der Waals surface area contributed by atoms with E-state index in [-0.39, 0.29) is 11.9 Å². The van der Waals surface area contributed by atoms with Crippen LogP contribution in [0, 0.1) is 5.92 Å². The zero-order valence-corrected chi connectivity index (χ0v) is 12.6. The summed E-state index contributed by atoms with van der Waals surface area (Å²) in [5.74, 6) is 0.771. The molecule has 2 bridgehead atoms. The topological polar surface area (TPSA) is 45.5 Å². The van der Waals surface area contributed by atoms with Gasteiger partial charge in [0, 0.05) is 34.5 Å². The second-order valence-corrected chi connectivity index (χ2v) is 6.66. The first-order chi connectivity index (χ1) is 9.70. The molecule has 2 aromatic heterocycles. The molecule has 4 rings (SSSR count). The van der Waals surface area contributed by atoms with Gasteiger partial charge in [0.1, 0.15) is 0 Å². The first kappa shape index (κ1) is 12.4. The van der Waals surface area contributed by atoms with Crippen LogP contribution in [-0.4, -0.2) is 28.9 Å². The SMILES string of the molecule is O=C(NC1CC2CNC1C2)c1ccn2ccc(Br)c2c1. The fraction of sp³-hybridized carbons (Fsp3) is 0.400. The number of nitrogens with zero attached hydrogens (tertiary/aromatic N) is 1. The molecule has 2 fully saturated rings. The van der Waals surface area contributed by atoms with Crippen molar-refractivity contribution in [1.82, 2.24) is 15.0 Å². The van der Waals surface area contributed by atoms with Crippen LogP contribution in [0.5, 0.6) is 0 Å². The largest absolute Gasteiger partial charge is 0.348 e. The van der Waals surface area contributed by atoms with Crippen molar-refractivity contribution in [2.75, 3.05) is 6.54 Å². The van der Waals surface area contributed by atoms with Crippen molar-refractivity contribution >= 4 is 27.4 Å². The molecule has 0 aromatic carbocycles. The molecule has 20 heavy (non-hydrogen) atoms. The van der Waals surface area contributed by atoms with Crippen LogP contribution < -0.4 is 10.6 Å². The summed E-state index contributed by atoms with van der Waals surface area (Å²) >= 11 is 3.50. The molecule has 0 spiro atoms. The Bertz CT molecular complexity index is 681. The van der Waals surface area contributed by atoms with Crippen molar-refractivity contribution < 1.29 is 4.79 Å².